The van der Waals surface area contributed by atoms with Gasteiger partial charge in [-0.05, 0) is 54.2 Å². The number of ether oxygens (including phenoxy) is 1. The van der Waals surface area contributed by atoms with E-state index < -0.39 is 0 Å². The minimum atomic E-state index is -0.360. The average molecular weight is 378 g/mol. The van der Waals surface area contributed by atoms with Crippen molar-refractivity contribution < 1.29 is 4.74 Å². The molecule has 3 rings (SSSR count). The maximum Gasteiger partial charge on any atom is 0.178 e. The van der Waals surface area contributed by atoms with Crippen LogP contribution in [0.1, 0.15) is 23.0 Å². The van der Waals surface area contributed by atoms with Crippen LogP contribution in [0.5, 0.6) is 5.75 Å². The summed E-state index contributed by atoms with van der Waals surface area (Å²) in [6.45, 7) is 2.02. The van der Waals surface area contributed by atoms with Crippen molar-refractivity contribution >= 4 is 23.2 Å². The molecular weight excluding hydrogens is 361 g/mol. The number of hydrogen-bond acceptors (Lipinski definition) is 5. The Morgan fingerprint density at radius 2 is 2.00 bits per heavy atom. The molecule has 0 aliphatic rings. The predicted molar refractivity (Wildman–Crippen MR) is 97.8 cm³/mol. The molecule has 25 heavy (non-hydrogen) atoms. The number of aromatic nitrogens is 4. The Labute approximate surface area is 155 Å². The van der Waals surface area contributed by atoms with Crippen LogP contribution in [-0.4, -0.2) is 34.4 Å². The summed E-state index contributed by atoms with van der Waals surface area (Å²) in [6.07, 6.45) is 0. The Kier molecular flexibility index (Phi) is 5.22. The molecule has 0 unspecified atom stereocenters. The maximum atomic E-state index is 6.28. The molecule has 0 radical (unpaired) electrons. The average Bonchev–Trinajstić information content (AvgIpc) is 3.05. The molecule has 0 fully saturated rings. The summed E-state index contributed by atoms with van der Waals surface area (Å²) in [7, 11) is 3.38. The second kappa shape index (κ2) is 7.39. The summed E-state index contributed by atoms with van der Waals surface area (Å²) in [6, 6.07) is 11.0. The molecule has 0 aliphatic heterocycles. The first kappa shape index (κ1) is 17.7. The van der Waals surface area contributed by atoms with Crippen molar-refractivity contribution in [3.8, 4) is 11.4 Å². The standard InChI is InChI=1S/C17H17Cl2N5O/c1-10-5-4-6-12(7-10)24-17(21-22-23-24)15(20-2)13-8-11(18)9-14(19)16(13)25-3/h4-9,15,20H,1-3H3/t15-/m1/s1. The first-order valence-corrected chi connectivity index (χ1v) is 8.36. The molecule has 3 aromatic rings. The van der Waals surface area contributed by atoms with Crippen molar-refractivity contribution in [2.45, 2.75) is 13.0 Å². The molecule has 1 atom stereocenters. The number of rotatable bonds is 5. The van der Waals surface area contributed by atoms with E-state index in [1.165, 1.54) is 0 Å². The molecule has 8 heteroatoms. The van der Waals surface area contributed by atoms with Gasteiger partial charge in [0.2, 0.25) is 0 Å². The van der Waals surface area contributed by atoms with Gasteiger partial charge in [0.05, 0.1) is 23.9 Å². The van der Waals surface area contributed by atoms with E-state index in [-0.39, 0.29) is 6.04 Å². The van der Waals surface area contributed by atoms with Gasteiger partial charge in [0, 0.05) is 10.6 Å². The highest BCUT2D eigenvalue weighted by Gasteiger charge is 2.25. The number of aryl methyl sites for hydroxylation is 1. The summed E-state index contributed by atoms with van der Waals surface area (Å²) in [5.74, 6) is 1.13. The van der Waals surface area contributed by atoms with Gasteiger partial charge in [0.15, 0.2) is 5.82 Å². The van der Waals surface area contributed by atoms with Gasteiger partial charge in [-0.2, -0.15) is 4.68 Å². The lowest BCUT2D eigenvalue weighted by atomic mass is 10.0. The van der Waals surface area contributed by atoms with Crippen molar-refractivity contribution in [1.82, 2.24) is 25.5 Å². The third-order valence-electron chi connectivity index (χ3n) is 3.84. The summed E-state index contributed by atoms with van der Waals surface area (Å²) >= 11 is 12.5. The molecule has 1 heterocycles. The van der Waals surface area contributed by atoms with E-state index in [2.05, 4.69) is 20.8 Å². The largest absolute Gasteiger partial charge is 0.495 e. The van der Waals surface area contributed by atoms with Crippen LogP contribution in [0.15, 0.2) is 36.4 Å². The zero-order chi connectivity index (χ0) is 18.0. The molecule has 2 aromatic carbocycles. The fraction of sp³-hybridized carbons (Fsp3) is 0.235. The van der Waals surface area contributed by atoms with Crippen molar-refractivity contribution in [1.29, 1.82) is 0 Å². The number of benzene rings is 2. The quantitative estimate of drug-likeness (QED) is 0.735. The third-order valence-corrected chi connectivity index (χ3v) is 4.34. The smallest absolute Gasteiger partial charge is 0.178 e. The van der Waals surface area contributed by atoms with Crippen LogP contribution in [0.4, 0.5) is 0 Å². The first-order valence-electron chi connectivity index (χ1n) is 7.60. The summed E-state index contributed by atoms with van der Waals surface area (Å²) in [4.78, 5) is 0. The van der Waals surface area contributed by atoms with Crippen molar-refractivity contribution in [2.75, 3.05) is 14.2 Å². The van der Waals surface area contributed by atoms with Gasteiger partial charge < -0.3 is 10.1 Å². The topological polar surface area (TPSA) is 64.9 Å². The van der Waals surface area contributed by atoms with Gasteiger partial charge in [-0.15, -0.1) is 5.10 Å². The molecule has 0 bridgehead atoms. The molecule has 0 spiro atoms. The van der Waals surface area contributed by atoms with E-state index >= 15 is 0 Å². The number of nitrogens with one attached hydrogen (secondary N) is 1. The fourth-order valence-corrected chi connectivity index (χ4v) is 3.34. The van der Waals surface area contributed by atoms with Crippen molar-refractivity contribution in [2.24, 2.45) is 0 Å². The van der Waals surface area contributed by atoms with Crippen LogP contribution < -0.4 is 10.1 Å². The molecule has 0 saturated heterocycles. The molecule has 0 saturated carbocycles. The number of methoxy groups -OCH3 is 1. The van der Waals surface area contributed by atoms with Crippen LogP contribution in [0.25, 0.3) is 5.69 Å². The Balaban J connectivity index is 2.15. The molecule has 6 nitrogen and oxygen atoms in total. The first-order chi connectivity index (χ1) is 12.0. The number of halogens is 2. The van der Waals surface area contributed by atoms with Crippen LogP contribution >= 0.6 is 23.2 Å². The zero-order valence-electron chi connectivity index (χ0n) is 14.0. The van der Waals surface area contributed by atoms with E-state index in [0.29, 0.717) is 21.6 Å². The van der Waals surface area contributed by atoms with Crippen LogP contribution in [0.3, 0.4) is 0 Å². The molecule has 1 N–H and O–H groups in total. The Bertz CT molecular complexity index is 896. The second-order valence-electron chi connectivity index (χ2n) is 5.52. The minimum absolute atomic E-state index is 0.360. The monoisotopic (exact) mass is 377 g/mol. The Morgan fingerprint density at radius 1 is 1.20 bits per heavy atom. The van der Waals surface area contributed by atoms with Crippen LogP contribution in [0, 0.1) is 6.92 Å². The fourth-order valence-electron chi connectivity index (χ4n) is 2.75. The third kappa shape index (κ3) is 3.46. The lowest BCUT2D eigenvalue weighted by Crippen LogP contribution is -2.23. The van der Waals surface area contributed by atoms with E-state index in [9.17, 15) is 0 Å². The van der Waals surface area contributed by atoms with Gasteiger partial charge >= 0.3 is 0 Å². The summed E-state index contributed by atoms with van der Waals surface area (Å²) < 4.78 is 7.15. The van der Waals surface area contributed by atoms with Gasteiger partial charge in [0.1, 0.15) is 5.75 Å². The highest BCUT2D eigenvalue weighted by Crippen LogP contribution is 2.37. The summed E-state index contributed by atoms with van der Waals surface area (Å²) in [5.41, 5.74) is 2.74. The molecule has 130 valence electrons. The highest BCUT2D eigenvalue weighted by atomic mass is 35.5. The van der Waals surface area contributed by atoms with Crippen molar-refractivity contribution in [3.63, 3.8) is 0 Å². The Hall–Kier alpha value is -2.15. The zero-order valence-corrected chi connectivity index (χ0v) is 15.5. The van der Waals surface area contributed by atoms with Crippen molar-refractivity contribution in [3.05, 3.63) is 63.4 Å². The molecule has 0 amide bonds. The lowest BCUT2D eigenvalue weighted by molar-refractivity contribution is 0.404. The molecular formula is C17H17Cl2N5O. The number of nitrogens with zero attached hydrogens (tertiary/aromatic N) is 4. The second-order valence-corrected chi connectivity index (χ2v) is 6.36. The predicted octanol–water partition coefficient (Wildman–Crippen LogP) is 3.59. The SMILES string of the molecule is CN[C@H](c1cc(Cl)cc(Cl)c1OC)c1nnnn1-c1cccc(C)c1. The highest BCUT2D eigenvalue weighted by molar-refractivity contribution is 6.35. The van der Waals surface area contributed by atoms with E-state index in [1.807, 2.05) is 38.2 Å². The van der Waals surface area contributed by atoms with E-state index in [1.54, 1.807) is 23.9 Å². The van der Waals surface area contributed by atoms with Crippen LogP contribution in [-0.2, 0) is 0 Å². The van der Waals surface area contributed by atoms with Gasteiger partial charge in [-0.3, -0.25) is 0 Å². The lowest BCUT2D eigenvalue weighted by Gasteiger charge is -2.20. The minimum Gasteiger partial charge on any atom is -0.495 e. The van der Waals surface area contributed by atoms with E-state index in [4.69, 9.17) is 27.9 Å². The van der Waals surface area contributed by atoms with Gasteiger partial charge in [-0.25, -0.2) is 0 Å². The van der Waals surface area contributed by atoms with Gasteiger partial charge in [0.25, 0.3) is 0 Å². The molecule has 0 aliphatic carbocycles. The maximum absolute atomic E-state index is 6.28. The van der Waals surface area contributed by atoms with E-state index in [0.717, 1.165) is 16.8 Å². The number of tetrazole rings is 1. The normalized spacial score (nSPS) is 12.2. The number of hydrogen-bond donors (Lipinski definition) is 1. The van der Waals surface area contributed by atoms with Crippen LogP contribution in [0.2, 0.25) is 10.0 Å². The summed E-state index contributed by atoms with van der Waals surface area (Å²) in [5, 5.41) is 16.3. The Morgan fingerprint density at radius 3 is 2.68 bits per heavy atom. The van der Waals surface area contributed by atoms with Gasteiger partial charge in [-0.1, -0.05) is 35.3 Å². The molecule has 1 aromatic heterocycles.